The number of hydrogen-bond acceptors (Lipinski definition) is 4. The minimum absolute atomic E-state index is 0.321. The molecular weight excluding hydrogens is 446 g/mol. The van der Waals surface area contributed by atoms with Crippen molar-refractivity contribution in [3.8, 4) is 0 Å². The van der Waals surface area contributed by atoms with E-state index in [0.29, 0.717) is 12.2 Å². The van der Waals surface area contributed by atoms with E-state index in [1.807, 2.05) is 54.6 Å². The van der Waals surface area contributed by atoms with E-state index >= 15 is 0 Å². The molecular formula is C27H25N3O3S. The van der Waals surface area contributed by atoms with Gasteiger partial charge in [-0.2, -0.15) is 0 Å². The molecule has 0 fully saturated rings. The summed E-state index contributed by atoms with van der Waals surface area (Å²) in [5, 5.41) is 2.77. The molecule has 0 spiro atoms. The predicted molar refractivity (Wildman–Crippen MR) is 136 cm³/mol. The summed E-state index contributed by atoms with van der Waals surface area (Å²) in [5.41, 5.74) is 2.94. The van der Waals surface area contributed by atoms with Crippen LogP contribution in [-0.2, 0) is 17.9 Å². The van der Waals surface area contributed by atoms with E-state index in [9.17, 15) is 14.4 Å². The molecule has 0 aliphatic carbocycles. The zero-order chi connectivity index (χ0) is 24.1. The highest BCUT2D eigenvalue weighted by atomic mass is 32.2. The van der Waals surface area contributed by atoms with Crippen LogP contribution in [0.25, 0.3) is 0 Å². The topological polar surface area (TPSA) is 73.1 Å². The highest BCUT2D eigenvalue weighted by molar-refractivity contribution is 7.99. The molecule has 7 heteroatoms. The standard InChI is InChI=1S/C27H25N3O3S/c1-19-8-13-24(20(2)16-19)34-23-11-9-22(10-12-23)28-25(31)18-30-26(32)14-15-29(27(30)33)17-21-6-4-3-5-7-21/h3-16H,17-18H2,1-2H3,(H,28,31). The molecule has 1 N–H and O–H groups in total. The first-order valence-electron chi connectivity index (χ1n) is 10.9. The summed E-state index contributed by atoms with van der Waals surface area (Å²) in [4.78, 5) is 39.9. The molecule has 6 nitrogen and oxygen atoms in total. The van der Waals surface area contributed by atoms with Crippen molar-refractivity contribution >= 4 is 23.4 Å². The Morgan fingerprint density at radius 1 is 0.912 bits per heavy atom. The van der Waals surface area contributed by atoms with Crippen molar-refractivity contribution in [3.05, 3.63) is 123 Å². The lowest BCUT2D eigenvalue weighted by atomic mass is 10.2. The average Bonchev–Trinajstić information content (AvgIpc) is 2.82. The molecule has 0 radical (unpaired) electrons. The molecule has 0 aliphatic heterocycles. The number of carbonyl (C=O) groups is 1. The molecule has 0 saturated carbocycles. The fourth-order valence-electron chi connectivity index (χ4n) is 3.59. The summed E-state index contributed by atoms with van der Waals surface area (Å²) >= 11 is 1.66. The van der Waals surface area contributed by atoms with Crippen LogP contribution in [-0.4, -0.2) is 15.0 Å². The fraction of sp³-hybridized carbons (Fsp3) is 0.148. The molecule has 4 aromatic rings. The zero-order valence-corrected chi connectivity index (χ0v) is 19.8. The van der Waals surface area contributed by atoms with E-state index in [1.54, 1.807) is 11.8 Å². The number of amides is 1. The van der Waals surface area contributed by atoms with Crippen molar-refractivity contribution in [2.24, 2.45) is 0 Å². The van der Waals surface area contributed by atoms with Gasteiger partial charge >= 0.3 is 5.69 Å². The zero-order valence-electron chi connectivity index (χ0n) is 19.0. The SMILES string of the molecule is Cc1ccc(Sc2ccc(NC(=O)Cn3c(=O)ccn(Cc4ccccc4)c3=O)cc2)c(C)c1. The van der Waals surface area contributed by atoms with E-state index in [2.05, 4.69) is 37.4 Å². The van der Waals surface area contributed by atoms with Crippen molar-refractivity contribution in [2.75, 3.05) is 5.32 Å². The Balaban J connectivity index is 1.43. The first-order chi connectivity index (χ1) is 16.4. The van der Waals surface area contributed by atoms with Crippen LogP contribution in [0.2, 0.25) is 0 Å². The van der Waals surface area contributed by atoms with Gasteiger partial charge in [-0.25, -0.2) is 4.79 Å². The van der Waals surface area contributed by atoms with Gasteiger partial charge in [-0.1, -0.05) is 59.8 Å². The Hall–Kier alpha value is -3.84. The van der Waals surface area contributed by atoms with Crippen LogP contribution in [0.1, 0.15) is 16.7 Å². The van der Waals surface area contributed by atoms with Crippen molar-refractivity contribution in [1.82, 2.24) is 9.13 Å². The van der Waals surface area contributed by atoms with Crippen molar-refractivity contribution < 1.29 is 4.79 Å². The second kappa shape index (κ2) is 10.4. The van der Waals surface area contributed by atoms with Crippen LogP contribution in [0.5, 0.6) is 0 Å². The number of aromatic nitrogens is 2. The fourth-order valence-corrected chi connectivity index (χ4v) is 4.48. The van der Waals surface area contributed by atoms with Gasteiger partial charge in [0.1, 0.15) is 6.54 Å². The summed E-state index contributed by atoms with van der Waals surface area (Å²) in [7, 11) is 0. The van der Waals surface area contributed by atoms with E-state index < -0.39 is 17.2 Å². The Kier molecular flexibility index (Phi) is 7.13. The lowest BCUT2D eigenvalue weighted by Crippen LogP contribution is -2.41. The first-order valence-corrected chi connectivity index (χ1v) is 11.7. The number of hydrogen-bond donors (Lipinski definition) is 1. The van der Waals surface area contributed by atoms with Gasteiger partial charge in [0.05, 0.1) is 6.54 Å². The molecule has 34 heavy (non-hydrogen) atoms. The molecule has 1 amide bonds. The number of rotatable bonds is 7. The molecule has 0 saturated heterocycles. The van der Waals surface area contributed by atoms with Crippen molar-refractivity contribution in [1.29, 1.82) is 0 Å². The third-order valence-corrected chi connectivity index (χ3v) is 6.52. The van der Waals surface area contributed by atoms with E-state index in [0.717, 1.165) is 15.0 Å². The molecule has 1 aromatic heterocycles. The highest BCUT2D eigenvalue weighted by Gasteiger charge is 2.11. The number of nitrogens with zero attached hydrogens (tertiary/aromatic N) is 2. The van der Waals surface area contributed by atoms with Crippen LogP contribution in [0.4, 0.5) is 5.69 Å². The summed E-state index contributed by atoms with van der Waals surface area (Å²) in [6.45, 7) is 4.12. The van der Waals surface area contributed by atoms with Gasteiger partial charge in [-0.05, 0) is 55.3 Å². The molecule has 0 atom stereocenters. The van der Waals surface area contributed by atoms with Crippen LogP contribution in [0, 0.1) is 13.8 Å². The minimum Gasteiger partial charge on any atom is -0.325 e. The quantitative estimate of drug-likeness (QED) is 0.432. The molecule has 172 valence electrons. The average molecular weight is 472 g/mol. The Morgan fingerprint density at radius 3 is 2.35 bits per heavy atom. The Labute approximate surface area is 201 Å². The van der Waals surface area contributed by atoms with Gasteiger partial charge in [-0.15, -0.1) is 0 Å². The van der Waals surface area contributed by atoms with Crippen LogP contribution < -0.4 is 16.6 Å². The summed E-state index contributed by atoms with van der Waals surface area (Å²) < 4.78 is 2.37. The number of benzene rings is 3. The number of carbonyl (C=O) groups excluding carboxylic acids is 1. The van der Waals surface area contributed by atoms with Crippen LogP contribution in [0.3, 0.4) is 0 Å². The Morgan fingerprint density at radius 2 is 1.65 bits per heavy atom. The largest absolute Gasteiger partial charge is 0.331 e. The van der Waals surface area contributed by atoms with E-state index in [4.69, 9.17) is 0 Å². The lowest BCUT2D eigenvalue weighted by Gasteiger charge is -2.11. The highest BCUT2D eigenvalue weighted by Crippen LogP contribution is 2.31. The van der Waals surface area contributed by atoms with Gasteiger partial charge in [0, 0.05) is 27.7 Å². The Bertz CT molecular complexity index is 1420. The molecule has 1 heterocycles. The maximum Gasteiger partial charge on any atom is 0.331 e. The normalized spacial score (nSPS) is 10.8. The lowest BCUT2D eigenvalue weighted by molar-refractivity contribution is -0.116. The van der Waals surface area contributed by atoms with Crippen molar-refractivity contribution in [3.63, 3.8) is 0 Å². The first kappa shape index (κ1) is 23.3. The van der Waals surface area contributed by atoms with Gasteiger partial charge in [0.2, 0.25) is 5.91 Å². The third kappa shape index (κ3) is 5.74. The van der Waals surface area contributed by atoms with Gasteiger partial charge in [-0.3, -0.25) is 18.7 Å². The van der Waals surface area contributed by atoms with E-state index in [1.165, 1.54) is 32.9 Å². The van der Waals surface area contributed by atoms with Gasteiger partial charge in [0.15, 0.2) is 0 Å². The molecule has 0 unspecified atom stereocenters. The smallest absolute Gasteiger partial charge is 0.325 e. The summed E-state index contributed by atoms with van der Waals surface area (Å²) in [6, 6.07) is 24.6. The van der Waals surface area contributed by atoms with Gasteiger partial charge < -0.3 is 5.32 Å². The number of anilines is 1. The third-order valence-electron chi connectivity index (χ3n) is 5.33. The minimum atomic E-state index is -0.522. The second-order valence-corrected chi connectivity index (χ2v) is 9.20. The number of nitrogens with one attached hydrogen (secondary N) is 1. The second-order valence-electron chi connectivity index (χ2n) is 8.08. The van der Waals surface area contributed by atoms with Crippen LogP contribution >= 0.6 is 11.8 Å². The summed E-state index contributed by atoms with van der Waals surface area (Å²) in [5.74, 6) is -0.438. The maximum atomic E-state index is 12.8. The molecule has 0 aliphatic rings. The predicted octanol–water partition coefficient (Wildman–Crippen LogP) is 4.47. The van der Waals surface area contributed by atoms with Crippen LogP contribution in [0.15, 0.2) is 104 Å². The monoisotopic (exact) mass is 471 g/mol. The molecule has 0 bridgehead atoms. The van der Waals surface area contributed by atoms with E-state index in [-0.39, 0.29) is 6.54 Å². The molecule has 4 rings (SSSR count). The van der Waals surface area contributed by atoms with Crippen molar-refractivity contribution in [2.45, 2.75) is 36.7 Å². The number of aryl methyl sites for hydroxylation is 2. The maximum absolute atomic E-state index is 12.8. The summed E-state index contributed by atoms with van der Waals surface area (Å²) in [6.07, 6.45) is 1.46. The van der Waals surface area contributed by atoms with Gasteiger partial charge in [0.25, 0.3) is 5.56 Å². The molecule has 3 aromatic carbocycles.